The maximum absolute atomic E-state index is 14.0. The zero-order valence-corrected chi connectivity index (χ0v) is 27.9. The number of aryl methyl sites for hydroxylation is 1. The van der Waals surface area contributed by atoms with Crippen molar-refractivity contribution >= 4 is 54.6 Å². The number of hydrogen-bond donors (Lipinski definition) is 1. The summed E-state index contributed by atoms with van der Waals surface area (Å²) in [7, 11) is -6.81. The molecule has 0 unspecified atom stereocenters. The normalized spacial score (nSPS) is 14.4. The Morgan fingerprint density at radius 3 is 2.50 bits per heavy atom. The third-order valence-corrected chi connectivity index (χ3v) is 9.99. The zero-order valence-electron chi connectivity index (χ0n) is 25.4. The Labute approximate surface area is 260 Å². The number of carbonyl (C=O) groups is 1. The van der Waals surface area contributed by atoms with Crippen molar-refractivity contribution in [3.8, 4) is 16.3 Å². The summed E-state index contributed by atoms with van der Waals surface area (Å²) < 4.78 is 68.5. The highest BCUT2D eigenvalue weighted by molar-refractivity contribution is 7.92. The van der Waals surface area contributed by atoms with Crippen molar-refractivity contribution in [2.75, 3.05) is 29.7 Å². The molecule has 1 aromatic carbocycles. The van der Waals surface area contributed by atoms with Gasteiger partial charge in [0.05, 0.1) is 27.9 Å². The minimum Gasteiger partial charge on any atom is -0.454 e. The topological polar surface area (TPSA) is 166 Å². The largest absolute Gasteiger partial charge is 0.454 e. The van der Waals surface area contributed by atoms with E-state index in [0.717, 1.165) is 10.6 Å². The molecule has 44 heavy (non-hydrogen) atoms. The van der Waals surface area contributed by atoms with E-state index in [2.05, 4.69) is 14.8 Å². The SMILES string of the molecule is CC(C)CCn1nc(-c2cccs2)c(OCOC(=O)C(C)(C)C)c(C2=NS(=O)(=O)c3cc(N(C)S(C)(=O)=O)ccc3N2)c1=O. The minimum atomic E-state index is -4.44. The van der Waals surface area contributed by atoms with Gasteiger partial charge in [0.15, 0.2) is 11.6 Å². The third kappa shape index (κ3) is 7.13. The van der Waals surface area contributed by atoms with E-state index in [4.69, 9.17) is 9.47 Å². The first-order valence-electron chi connectivity index (χ1n) is 13.6. The fourth-order valence-corrected chi connectivity index (χ4v) is 6.36. The van der Waals surface area contributed by atoms with Gasteiger partial charge >= 0.3 is 5.97 Å². The molecule has 4 rings (SSSR count). The Balaban J connectivity index is 1.90. The third-order valence-electron chi connectivity index (χ3n) is 6.60. The van der Waals surface area contributed by atoms with Crippen molar-refractivity contribution < 1.29 is 31.1 Å². The molecular weight excluding hydrogens is 631 g/mol. The van der Waals surface area contributed by atoms with Crippen molar-refractivity contribution in [2.45, 2.75) is 52.5 Å². The second-order valence-electron chi connectivity index (χ2n) is 11.6. The van der Waals surface area contributed by atoms with E-state index in [9.17, 15) is 26.4 Å². The monoisotopic (exact) mass is 665 g/mol. The number of anilines is 2. The Bertz CT molecular complexity index is 1870. The smallest absolute Gasteiger partial charge is 0.314 e. The predicted octanol–water partition coefficient (Wildman–Crippen LogP) is 3.90. The second kappa shape index (κ2) is 12.3. The maximum Gasteiger partial charge on any atom is 0.314 e. The van der Waals surface area contributed by atoms with Crippen molar-refractivity contribution in [1.29, 1.82) is 0 Å². The van der Waals surface area contributed by atoms with Crippen LogP contribution in [0.1, 0.15) is 46.6 Å². The molecule has 0 aliphatic carbocycles. The van der Waals surface area contributed by atoms with Crippen molar-refractivity contribution in [3.63, 3.8) is 0 Å². The van der Waals surface area contributed by atoms with E-state index in [-0.39, 0.29) is 51.6 Å². The van der Waals surface area contributed by atoms with E-state index in [1.54, 1.807) is 32.9 Å². The van der Waals surface area contributed by atoms with Gasteiger partial charge in [-0.2, -0.15) is 13.5 Å². The molecule has 0 atom stereocenters. The van der Waals surface area contributed by atoms with Gasteiger partial charge in [0.1, 0.15) is 16.2 Å². The van der Waals surface area contributed by atoms with Crippen LogP contribution in [0, 0.1) is 11.3 Å². The molecule has 0 spiro atoms. The van der Waals surface area contributed by atoms with Gasteiger partial charge in [-0.05, 0) is 62.8 Å². The Kier molecular flexibility index (Phi) is 9.28. The van der Waals surface area contributed by atoms with Gasteiger partial charge in [0.25, 0.3) is 15.6 Å². The van der Waals surface area contributed by atoms with Crippen LogP contribution in [0.25, 0.3) is 10.6 Å². The van der Waals surface area contributed by atoms with Crippen LogP contribution < -0.4 is 19.9 Å². The Morgan fingerprint density at radius 1 is 1.20 bits per heavy atom. The standard InChI is InChI=1S/C28H35N5O8S3/c1-17(2)12-13-33-26(34)22(24(23(30-33)20-9-8-14-42-20)40-16-41-27(35)28(3,4)5)25-29-19-11-10-18(32(6)43(7,36)37)15-21(19)44(38,39)31-25/h8-11,14-15,17H,12-13,16H2,1-7H3,(H,29,31). The van der Waals surface area contributed by atoms with Crippen LogP contribution in [0.3, 0.4) is 0 Å². The lowest BCUT2D eigenvalue weighted by molar-refractivity contribution is -0.159. The highest BCUT2D eigenvalue weighted by atomic mass is 32.2. The molecular formula is C28H35N5O8S3. The van der Waals surface area contributed by atoms with Gasteiger partial charge in [-0.3, -0.25) is 13.9 Å². The number of benzene rings is 1. The molecule has 1 N–H and O–H groups in total. The van der Waals surface area contributed by atoms with Crippen molar-refractivity contribution in [3.05, 3.63) is 51.6 Å². The van der Waals surface area contributed by atoms with Gasteiger partial charge in [0, 0.05) is 13.6 Å². The van der Waals surface area contributed by atoms with Crippen molar-refractivity contribution in [1.82, 2.24) is 9.78 Å². The van der Waals surface area contributed by atoms with E-state index in [0.29, 0.717) is 11.3 Å². The first kappa shape index (κ1) is 33.1. The average molecular weight is 666 g/mol. The predicted molar refractivity (Wildman–Crippen MR) is 169 cm³/mol. The van der Waals surface area contributed by atoms with Crippen LogP contribution in [0.15, 0.2) is 49.8 Å². The lowest BCUT2D eigenvalue weighted by atomic mass is 9.98. The summed E-state index contributed by atoms with van der Waals surface area (Å²) in [5.41, 5.74) is -1.28. The summed E-state index contributed by atoms with van der Waals surface area (Å²) in [5.74, 6) is -0.739. The van der Waals surface area contributed by atoms with Crippen molar-refractivity contribution in [2.24, 2.45) is 15.7 Å². The molecule has 238 valence electrons. The first-order chi connectivity index (χ1) is 20.4. The number of thiophene rings is 1. The minimum absolute atomic E-state index is 0.0772. The Hall–Kier alpha value is -3.76. The second-order valence-corrected chi connectivity index (χ2v) is 16.2. The lowest BCUT2D eigenvalue weighted by Crippen LogP contribution is -2.35. The number of carbonyl (C=O) groups excluding carboxylic acids is 1. The molecule has 0 bridgehead atoms. The molecule has 0 saturated heterocycles. The zero-order chi connectivity index (χ0) is 32.6. The number of amidine groups is 1. The molecule has 13 nitrogen and oxygen atoms in total. The molecule has 1 aliphatic rings. The van der Waals surface area contributed by atoms with Crippen LogP contribution in [-0.2, 0) is 36.1 Å². The molecule has 3 heterocycles. The number of aromatic nitrogens is 2. The van der Waals surface area contributed by atoms with Crippen LogP contribution in [0.5, 0.6) is 5.75 Å². The molecule has 0 radical (unpaired) electrons. The molecule has 0 saturated carbocycles. The number of sulfonamides is 2. The van der Waals surface area contributed by atoms with Gasteiger partial charge in [0.2, 0.25) is 16.8 Å². The summed E-state index contributed by atoms with van der Waals surface area (Å²) in [4.78, 5) is 26.8. The summed E-state index contributed by atoms with van der Waals surface area (Å²) in [6.07, 6.45) is 1.60. The number of esters is 1. The van der Waals surface area contributed by atoms with Crippen LogP contribution in [0.4, 0.5) is 11.4 Å². The van der Waals surface area contributed by atoms with Crippen LogP contribution in [0.2, 0.25) is 0 Å². The number of nitrogens with zero attached hydrogens (tertiary/aromatic N) is 4. The highest BCUT2D eigenvalue weighted by Gasteiger charge is 2.33. The first-order valence-corrected chi connectivity index (χ1v) is 17.8. The molecule has 0 amide bonds. The number of nitrogens with one attached hydrogen (secondary N) is 1. The fourth-order valence-electron chi connectivity index (χ4n) is 4.01. The fraction of sp³-hybridized carbons (Fsp3) is 0.429. The number of rotatable bonds is 10. The van der Waals surface area contributed by atoms with Gasteiger partial charge in [-0.25, -0.2) is 13.1 Å². The highest BCUT2D eigenvalue weighted by Crippen LogP contribution is 2.37. The summed E-state index contributed by atoms with van der Waals surface area (Å²) in [6, 6.07) is 7.57. The molecule has 1 aliphatic heterocycles. The summed E-state index contributed by atoms with van der Waals surface area (Å²) >= 11 is 1.33. The van der Waals surface area contributed by atoms with E-state index >= 15 is 0 Å². The molecule has 2 aromatic heterocycles. The lowest BCUT2D eigenvalue weighted by Gasteiger charge is -2.24. The number of hydrogen-bond acceptors (Lipinski definition) is 11. The van der Waals surface area contributed by atoms with Gasteiger partial charge in [-0.15, -0.1) is 15.7 Å². The van der Waals surface area contributed by atoms with E-state index in [1.807, 2.05) is 19.2 Å². The number of ether oxygens (including phenoxy) is 2. The van der Waals surface area contributed by atoms with Crippen LogP contribution >= 0.6 is 11.3 Å². The summed E-state index contributed by atoms with van der Waals surface area (Å²) in [5, 5.41) is 9.31. The van der Waals surface area contributed by atoms with Crippen LogP contribution in [-0.4, -0.2) is 58.5 Å². The maximum atomic E-state index is 14.0. The van der Waals surface area contributed by atoms with E-state index < -0.39 is 43.8 Å². The van der Waals surface area contributed by atoms with Gasteiger partial charge in [-0.1, -0.05) is 19.9 Å². The molecule has 16 heteroatoms. The summed E-state index contributed by atoms with van der Waals surface area (Å²) in [6.45, 7) is 8.69. The molecule has 3 aromatic rings. The quantitative estimate of drug-likeness (QED) is 0.248. The number of fused-ring (bicyclic) bond motifs is 1. The average Bonchev–Trinajstić information content (AvgIpc) is 3.45. The Morgan fingerprint density at radius 2 is 1.91 bits per heavy atom. The van der Waals surface area contributed by atoms with E-state index in [1.165, 1.54) is 41.3 Å². The van der Waals surface area contributed by atoms with Gasteiger partial charge < -0.3 is 14.8 Å². The molecule has 0 fully saturated rings.